The van der Waals surface area contributed by atoms with Gasteiger partial charge in [0.25, 0.3) is 0 Å². The zero-order chi connectivity index (χ0) is 15.9. The Balaban J connectivity index is 1.28. The van der Waals surface area contributed by atoms with Crippen molar-refractivity contribution in [3.63, 3.8) is 0 Å². The highest BCUT2D eigenvalue weighted by molar-refractivity contribution is 8.03. The summed E-state index contributed by atoms with van der Waals surface area (Å²) in [6.07, 6.45) is 7.97. The van der Waals surface area contributed by atoms with Crippen molar-refractivity contribution in [2.45, 2.75) is 41.0 Å². The Bertz CT molecular complexity index is 856. The standard InChI is InChI=1S/C15H15N7S2/c1-2-10(6-16-5-1)13-18-20-15-21(13)7-12(24-15)8-23-14-19-17-9-22(14)11-3-4-11/h1-2,5-6,9,11-12H,3-4,7-8H2/t12-/m0/s1. The molecule has 1 atom stereocenters. The van der Waals surface area contributed by atoms with Crippen molar-refractivity contribution in [1.82, 2.24) is 34.5 Å². The normalized spacial score (nSPS) is 19.6. The highest BCUT2D eigenvalue weighted by Crippen LogP contribution is 2.39. The van der Waals surface area contributed by atoms with E-state index in [0.717, 1.165) is 34.0 Å². The molecule has 0 bridgehead atoms. The van der Waals surface area contributed by atoms with Gasteiger partial charge < -0.3 is 9.13 Å². The highest BCUT2D eigenvalue weighted by atomic mass is 32.2. The van der Waals surface area contributed by atoms with Gasteiger partial charge in [0.15, 0.2) is 16.1 Å². The van der Waals surface area contributed by atoms with Crippen LogP contribution in [0.3, 0.4) is 0 Å². The Morgan fingerprint density at radius 3 is 3.04 bits per heavy atom. The average molecular weight is 357 g/mol. The Kier molecular flexibility index (Phi) is 3.55. The molecular formula is C15H15N7S2. The van der Waals surface area contributed by atoms with Gasteiger partial charge in [-0.15, -0.1) is 20.4 Å². The molecule has 0 aromatic carbocycles. The second-order valence-corrected chi connectivity index (χ2v) is 8.22. The van der Waals surface area contributed by atoms with Crippen molar-refractivity contribution in [3.05, 3.63) is 30.9 Å². The fourth-order valence-electron chi connectivity index (χ4n) is 2.83. The molecule has 3 aromatic rings. The third kappa shape index (κ3) is 2.61. The topological polar surface area (TPSA) is 74.3 Å². The molecule has 4 heterocycles. The van der Waals surface area contributed by atoms with Gasteiger partial charge in [-0.3, -0.25) is 4.98 Å². The van der Waals surface area contributed by atoms with Crippen molar-refractivity contribution in [3.8, 4) is 11.4 Å². The average Bonchev–Trinajstić information content (AvgIpc) is 3.04. The largest absolute Gasteiger partial charge is 0.306 e. The summed E-state index contributed by atoms with van der Waals surface area (Å²) in [4.78, 5) is 4.18. The number of pyridine rings is 1. The number of nitrogens with zero attached hydrogens (tertiary/aromatic N) is 7. The summed E-state index contributed by atoms with van der Waals surface area (Å²) >= 11 is 3.58. The number of fused-ring (bicyclic) bond motifs is 1. The predicted molar refractivity (Wildman–Crippen MR) is 91.9 cm³/mol. The van der Waals surface area contributed by atoms with Gasteiger partial charge in [-0.2, -0.15) is 0 Å². The van der Waals surface area contributed by atoms with Gasteiger partial charge in [0.05, 0.1) is 0 Å². The summed E-state index contributed by atoms with van der Waals surface area (Å²) in [7, 11) is 0. The van der Waals surface area contributed by atoms with E-state index in [1.165, 1.54) is 12.8 Å². The molecule has 2 aliphatic rings. The number of hydrogen-bond donors (Lipinski definition) is 0. The summed E-state index contributed by atoms with van der Waals surface area (Å²) < 4.78 is 4.41. The molecule has 1 aliphatic heterocycles. The predicted octanol–water partition coefficient (Wildman–Crippen LogP) is 2.53. The zero-order valence-corrected chi connectivity index (χ0v) is 14.4. The molecule has 122 valence electrons. The third-order valence-corrected chi connectivity index (χ3v) is 6.67. The van der Waals surface area contributed by atoms with Gasteiger partial charge in [0.1, 0.15) is 6.33 Å². The van der Waals surface area contributed by atoms with Crippen LogP contribution >= 0.6 is 23.5 Å². The minimum atomic E-state index is 0.472. The Hall–Kier alpha value is -1.87. The Labute approximate surface area is 147 Å². The molecule has 9 heteroatoms. The van der Waals surface area contributed by atoms with Crippen LogP contribution in [-0.4, -0.2) is 45.5 Å². The molecule has 0 N–H and O–H groups in total. The quantitative estimate of drug-likeness (QED) is 0.650. The van der Waals surface area contributed by atoms with Crippen LogP contribution in [0.2, 0.25) is 0 Å². The summed E-state index contributed by atoms with van der Waals surface area (Å²) in [5, 5.41) is 19.5. The first-order valence-electron chi connectivity index (χ1n) is 7.91. The highest BCUT2D eigenvalue weighted by Gasteiger charge is 2.30. The number of rotatable bonds is 5. The maximum atomic E-state index is 4.33. The van der Waals surface area contributed by atoms with E-state index in [1.807, 2.05) is 24.7 Å². The van der Waals surface area contributed by atoms with Gasteiger partial charge >= 0.3 is 0 Å². The van der Waals surface area contributed by atoms with Crippen LogP contribution in [0.4, 0.5) is 0 Å². The van der Waals surface area contributed by atoms with Crippen molar-refractivity contribution in [2.75, 3.05) is 5.75 Å². The van der Waals surface area contributed by atoms with E-state index in [1.54, 1.807) is 29.7 Å². The molecular weight excluding hydrogens is 342 g/mol. The van der Waals surface area contributed by atoms with E-state index < -0.39 is 0 Å². The lowest BCUT2D eigenvalue weighted by Gasteiger charge is -2.09. The summed E-state index contributed by atoms with van der Waals surface area (Å²) in [5.74, 6) is 1.89. The molecule has 24 heavy (non-hydrogen) atoms. The van der Waals surface area contributed by atoms with Crippen molar-refractivity contribution in [2.24, 2.45) is 0 Å². The van der Waals surface area contributed by atoms with Crippen LogP contribution in [0.15, 0.2) is 41.2 Å². The maximum absolute atomic E-state index is 4.33. The second kappa shape index (κ2) is 5.89. The van der Waals surface area contributed by atoms with Gasteiger partial charge in [-0.25, -0.2) is 0 Å². The molecule has 5 rings (SSSR count). The minimum absolute atomic E-state index is 0.472. The fraction of sp³-hybridized carbons (Fsp3) is 0.400. The first-order valence-corrected chi connectivity index (χ1v) is 9.77. The lowest BCUT2D eigenvalue weighted by atomic mass is 10.2. The number of aromatic nitrogens is 7. The van der Waals surface area contributed by atoms with Gasteiger partial charge in [-0.05, 0) is 25.0 Å². The molecule has 3 aromatic heterocycles. The van der Waals surface area contributed by atoms with Gasteiger partial charge in [-0.1, -0.05) is 23.5 Å². The summed E-state index contributed by atoms with van der Waals surface area (Å²) in [6.45, 7) is 0.918. The fourth-order valence-corrected chi connectivity index (χ4v) is 5.10. The Morgan fingerprint density at radius 1 is 1.25 bits per heavy atom. The van der Waals surface area contributed by atoms with Crippen LogP contribution < -0.4 is 0 Å². The van der Waals surface area contributed by atoms with E-state index in [2.05, 4.69) is 34.5 Å². The summed E-state index contributed by atoms with van der Waals surface area (Å²) in [5.41, 5.74) is 1.01. The zero-order valence-electron chi connectivity index (χ0n) is 12.8. The first kappa shape index (κ1) is 14.5. The summed E-state index contributed by atoms with van der Waals surface area (Å²) in [6, 6.07) is 4.57. The van der Waals surface area contributed by atoms with Crippen molar-refractivity contribution < 1.29 is 0 Å². The molecule has 1 saturated carbocycles. The molecule has 0 spiro atoms. The molecule has 0 saturated heterocycles. The minimum Gasteiger partial charge on any atom is -0.306 e. The second-order valence-electron chi connectivity index (χ2n) is 5.96. The van der Waals surface area contributed by atoms with Gasteiger partial charge in [0.2, 0.25) is 0 Å². The number of thioether (sulfide) groups is 2. The van der Waals surface area contributed by atoms with Crippen molar-refractivity contribution in [1.29, 1.82) is 0 Å². The van der Waals surface area contributed by atoms with E-state index in [0.29, 0.717) is 11.3 Å². The number of hydrogen-bond acceptors (Lipinski definition) is 7. The monoisotopic (exact) mass is 357 g/mol. The van der Waals surface area contributed by atoms with Crippen LogP contribution in [0.1, 0.15) is 18.9 Å². The Morgan fingerprint density at radius 2 is 2.21 bits per heavy atom. The van der Waals surface area contributed by atoms with E-state index in [-0.39, 0.29) is 0 Å². The molecule has 1 fully saturated rings. The van der Waals surface area contributed by atoms with E-state index in [4.69, 9.17) is 0 Å². The van der Waals surface area contributed by atoms with Crippen LogP contribution in [0, 0.1) is 0 Å². The van der Waals surface area contributed by atoms with Crippen LogP contribution in [0.25, 0.3) is 11.4 Å². The molecule has 7 nitrogen and oxygen atoms in total. The molecule has 0 radical (unpaired) electrons. The van der Waals surface area contributed by atoms with E-state index >= 15 is 0 Å². The molecule has 0 amide bonds. The molecule has 0 unspecified atom stereocenters. The SMILES string of the molecule is c1cncc(-c2nnc3n2C[C@@H](CSc2nncn2C2CC2)S3)c1. The van der Waals surface area contributed by atoms with Gasteiger partial charge in [0, 0.05) is 41.5 Å². The third-order valence-electron chi connectivity index (χ3n) is 4.17. The lowest BCUT2D eigenvalue weighted by molar-refractivity contribution is 0.658. The van der Waals surface area contributed by atoms with Crippen LogP contribution in [0.5, 0.6) is 0 Å². The van der Waals surface area contributed by atoms with Crippen LogP contribution in [-0.2, 0) is 6.54 Å². The smallest absolute Gasteiger partial charge is 0.191 e. The molecule has 1 aliphatic carbocycles. The van der Waals surface area contributed by atoms with E-state index in [9.17, 15) is 0 Å². The maximum Gasteiger partial charge on any atom is 0.191 e. The lowest BCUT2D eigenvalue weighted by Crippen LogP contribution is -2.10. The first-order chi connectivity index (χ1) is 11.9. The van der Waals surface area contributed by atoms with Crippen molar-refractivity contribution >= 4 is 23.5 Å².